The maximum atomic E-state index is 3.71. The number of unbranched alkanes of at least 4 members (excludes halogenated alkanes) is 6. The van der Waals surface area contributed by atoms with Crippen molar-refractivity contribution in [2.24, 2.45) is 11.3 Å². The molecule has 1 nitrogen and oxygen atoms in total. The molecule has 1 N–H and O–H groups in total. The zero-order valence-corrected chi connectivity index (χ0v) is 11.8. The molecule has 2 fully saturated rings. The van der Waals surface area contributed by atoms with E-state index < -0.39 is 0 Å². The van der Waals surface area contributed by atoms with E-state index in [9.17, 15) is 0 Å². The van der Waals surface area contributed by atoms with Gasteiger partial charge in [0, 0.05) is 6.54 Å². The van der Waals surface area contributed by atoms with Crippen molar-refractivity contribution in [3.63, 3.8) is 0 Å². The normalized spacial score (nSPS) is 21.7. The molecule has 0 radical (unpaired) electrons. The van der Waals surface area contributed by atoms with Crippen molar-refractivity contribution in [1.82, 2.24) is 5.32 Å². The summed E-state index contributed by atoms with van der Waals surface area (Å²) in [5.41, 5.74) is 0.793. The topological polar surface area (TPSA) is 12.0 Å². The molecule has 0 bridgehead atoms. The van der Waals surface area contributed by atoms with Gasteiger partial charge in [0.1, 0.15) is 0 Å². The highest BCUT2D eigenvalue weighted by Gasteiger charge is 2.52. The van der Waals surface area contributed by atoms with Crippen molar-refractivity contribution in [2.45, 2.75) is 77.6 Å². The van der Waals surface area contributed by atoms with Crippen LogP contribution in [0.25, 0.3) is 0 Å². The van der Waals surface area contributed by atoms with Gasteiger partial charge >= 0.3 is 0 Å². The van der Waals surface area contributed by atoms with Crippen LogP contribution < -0.4 is 5.32 Å². The van der Waals surface area contributed by atoms with Gasteiger partial charge in [0.15, 0.2) is 0 Å². The van der Waals surface area contributed by atoms with E-state index in [1.54, 1.807) is 0 Å². The highest BCUT2D eigenvalue weighted by atomic mass is 14.9. The molecule has 0 spiro atoms. The van der Waals surface area contributed by atoms with Gasteiger partial charge < -0.3 is 5.32 Å². The van der Waals surface area contributed by atoms with E-state index in [1.165, 1.54) is 83.7 Å². The van der Waals surface area contributed by atoms with Crippen LogP contribution in [0.3, 0.4) is 0 Å². The van der Waals surface area contributed by atoms with Gasteiger partial charge in [-0.3, -0.25) is 0 Å². The summed E-state index contributed by atoms with van der Waals surface area (Å²) in [5.74, 6) is 1.11. The fourth-order valence-corrected chi connectivity index (χ4v) is 3.13. The molecule has 0 aromatic rings. The lowest BCUT2D eigenvalue weighted by Gasteiger charge is -2.14. The van der Waals surface area contributed by atoms with E-state index in [4.69, 9.17) is 0 Å². The highest BCUT2D eigenvalue weighted by molar-refractivity contribution is 5.04. The van der Waals surface area contributed by atoms with Gasteiger partial charge in [-0.1, -0.05) is 45.4 Å². The van der Waals surface area contributed by atoms with E-state index in [-0.39, 0.29) is 0 Å². The van der Waals surface area contributed by atoms with Crippen molar-refractivity contribution in [3.05, 3.63) is 0 Å². The number of nitrogens with one attached hydrogen (secondary N) is 1. The van der Waals surface area contributed by atoms with Crippen LogP contribution >= 0.6 is 0 Å². The first-order valence-electron chi connectivity index (χ1n) is 8.08. The lowest BCUT2D eigenvalue weighted by Crippen LogP contribution is -2.26. The molecule has 0 aliphatic heterocycles. The van der Waals surface area contributed by atoms with Crippen molar-refractivity contribution in [1.29, 1.82) is 0 Å². The lowest BCUT2D eigenvalue weighted by atomic mass is 10.0. The summed E-state index contributed by atoms with van der Waals surface area (Å²) >= 11 is 0. The summed E-state index contributed by atoms with van der Waals surface area (Å²) in [6.07, 6.45) is 16.1. The van der Waals surface area contributed by atoms with Crippen molar-refractivity contribution in [2.75, 3.05) is 13.1 Å². The molecule has 0 saturated heterocycles. The lowest BCUT2D eigenvalue weighted by molar-refractivity contribution is 0.400. The Morgan fingerprint density at radius 2 is 1.59 bits per heavy atom. The van der Waals surface area contributed by atoms with Gasteiger partial charge in [0.2, 0.25) is 0 Å². The summed E-state index contributed by atoms with van der Waals surface area (Å²) in [6.45, 7) is 4.88. The molecule has 0 unspecified atom stereocenters. The zero-order chi connectivity index (χ0) is 12.0. The third-order valence-corrected chi connectivity index (χ3v) is 4.77. The number of rotatable bonds is 11. The minimum atomic E-state index is 0.793. The molecule has 0 aromatic carbocycles. The van der Waals surface area contributed by atoms with Gasteiger partial charge in [0.25, 0.3) is 0 Å². The van der Waals surface area contributed by atoms with Gasteiger partial charge in [-0.25, -0.2) is 0 Å². The zero-order valence-electron chi connectivity index (χ0n) is 11.8. The molecular weight excluding hydrogens is 206 g/mol. The first kappa shape index (κ1) is 13.4. The molecule has 0 aromatic heterocycles. The van der Waals surface area contributed by atoms with Gasteiger partial charge in [-0.2, -0.15) is 0 Å². The quantitative estimate of drug-likeness (QED) is 0.521. The van der Waals surface area contributed by atoms with Crippen LogP contribution in [0, 0.1) is 11.3 Å². The predicted octanol–water partition coefficient (Wildman–Crippen LogP) is 4.52. The second-order valence-electron chi connectivity index (χ2n) is 6.43. The Hall–Kier alpha value is -0.0400. The third kappa shape index (κ3) is 4.62. The molecule has 17 heavy (non-hydrogen) atoms. The second kappa shape index (κ2) is 6.78. The van der Waals surface area contributed by atoms with Crippen LogP contribution in [0.15, 0.2) is 0 Å². The van der Waals surface area contributed by atoms with E-state index in [0.717, 1.165) is 11.3 Å². The molecular formula is C16H31N. The second-order valence-corrected chi connectivity index (χ2v) is 6.43. The van der Waals surface area contributed by atoms with Crippen LogP contribution in [0.5, 0.6) is 0 Å². The Labute approximate surface area is 108 Å². The van der Waals surface area contributed by atoms with E-state index >= 15 is 0 Å². The number of hydrogen-bond donors (Lipinski definition) is 1. The Balaban J connectivity index is 1.35. The van der Waals surface area contributed by atoms with Crippen LogP contribution in [0.1, 0.15) is 77.6 Å². The summed E-state index contributed by atoms with van der Waals surface area (Å²) in [6, 6.07) is 0. The van der Waals surface area contributed by atoms with E-state index in [1.807, 2.05) is 0 Å². The largest absolute Gasteiger partial charge is 0.316 e. The first-order chi connectivity index (χ1) is 8.37. The van der Waals surface area contributed by atoms with Crippen molar-refractivity contribution in [3.8, 4) is 0 Å². The number of hydrogen-bond acceptors (Lipinski definition) is 1. The molecule has 2 aliphatic rings. The minimum Gasteiger partial charge on any atom is -0.316 e. The maximum absolute atomic E-state index is 3.71. The molecule has 2 saturated carbocycles. The SMILES string of the molecule is CCCCCCCCCNCC1(C2CC2)CC1. The van der Waals surface area contributed by atoms with Crippen molar-refractivity contribution >= 4 is 0 Å². The predicted molar refractivity (Wildman–Crippen MR) is 75.3 cm³/mol. The Morgan fingerprint density at radius 3 is 2.18 bits per heavy atom. The third-order valence-electron chi connectivity index (χ3n) is 4.77. The fourth-order valence-electron chi connectivity index (χ4n) is 3.13. The fraction of sp³-hybridized carbons (Fsp3) is 1.00. The van der Waals surface area contributed by atoms with Crippen LogP contribution in [-0.4, -0.2) is 13.1 Å². The molecule has 0 atom stereocenters. The maximum Gasteiger partial charge on any atom is 0.00105 e. The average molecular weight is 237 g/mol. The highest BCUT2D eigenvalue weighted by Crippen LogP contribution is 2.60. The van der Waals surface area contributed by atoms with Crippen LogP contribution in [0.4, 0.5) is 0 Å². The minimum absolute atomic E-state index is 0.793. The smallest absolute Gasteiger partial charge is 0.00105 e. The summed E-state index contributed by atoms with van der Waals surface area (Å²) in [4.78, 5) is 0. The summed E-state index contributed by atoms with van der Waals surface area (Å²) in [5, 5.41) is 3.71. The Bertz CT molecular complexity index is 204. The summed E-state index contributed by atoms with van der Waals surface area (Å²) in [7, 11) is 0. The Morgan fingerprint density at radius 1 is 0.941 bits per heavy atom. The van der Waals surface area contributed by atoms with Crippen molar-refractivity contribution < 1.29 is 0 Å². The van der Waals surface area contributed by atoms with Crippen LogP contribution in [0.2, 0.25) is 0 Å². The molecule has 0 amide bonds. The first-order valence-corrected chi connectivity index (χ1v) is 8.08. The summed E-state index contributed by atoms with van der Waals surface area (Å²) < 4.78 is 0. The average Bonchev–Trinajstić information content (AvgIpc) is 3.17. The van der Waals surface area contributed by atoms with Crippen LogP contribution in [-0.2, 0) is 0 Å². The Kier molecular flexibility index (Phi) is 5.34. The monoisotopic (exact) mass is 237 g/mol. The van der Waals surface area contributed by atoms with Gasteiger partial charge in [0.05, 0.1) is 0 Å². The van der Waals surface area contributed by atoms with Gasteiger partial charge in [-0.15, -0.1) is 0 Å². The standard InChI is InChI=1S/C16H31N/c1-2-3-4-5-6-7-8-13-17-14-16(11-12-16)15-9-10-15/h15,17H,2-14H2,1H3. The van der Waals surface area contributed by atoms with Gasteiger partial charge in [-0.05, 0) is 50.0 Å². The molecule has 100 valence electrons. The molecule has 0 heterocycles. The van der Waals surface area contributed by atoms with E-state index in [2.05, 4.69) is 12.2 Å². The molecule has 2 rings (SSSR count). The molecule has 2 aliphatic carbocycles. The molecule has 1 heteroatoms. The van der Waals surface area contributed by atoms with E-state index in [0.29, 0.717) is 0 Å².